The molecule has 1 saturated heterocycles. The Bertz CT molecular complexity index is 657. The normalized spacial score (nSPS) is 21.4. The van der Waals surface area contributed by atoms with Gasteiger partial charge in [0.25, 0.3) is 0 Å². The predicted molar refractivity (Wildman–Crippen MR) is 101 cm³/mol. The Kier molecular flexibility index (Phi) is 6.51. The Hall–Kier alpha value is -1.63. The lowest BCUT2D eigenvalue weighted by molar-refractivity contribution is -0.123. The van der Waals surface area contributed by atoms with Crippen molar-refractivity contribution >= 4 is 5.91 Å². The van der Waals surface area contributed by atoms with Crippen molar-refractivity contribution in [1.82, 2.24) is 25.0 Å². The van der Waals surface area contributed by atoms with E-state index in [-0.39, 0.29) is 17.6 Å². The van der Waals surface area contributed by atoms with Crippen LogP contribution in [0.2, 0.25) is 0 Å². The van der Waals surface area contributed by atoms with Crippen LogP contribution in [0.3, 0.4) is 0 Å². The van der Waals surface area contributed by atoms with Crippen LogP contribution in [0.4, 0.5) is 0 Å². The van der Waals surface area contributed by atoms with Gasteiger partial charge in [0, 0.05) is 32.0 Å². The van der Waals surface area contributed by atoms with Gasteiger partial charge in [-0.1, -0.05) is 13.8 Å². The minimum atomic E-state index is 0.00216. The summed E-state index contributed by atoms with van der Waals surface area (Å²) in [6, 6.07) is 0.148. The number of nitrogens with one attached hydrogen (secondary N) is 2. The minimum Gasteiger partial charge on any atom is -0.353 e. The SMILES string of the molecule is CC(C)CCn1nc2n(c1=O)CCC(NC(=O)CC1CCNCC1)CC2. The molecule has 0 bridgehead atoms. The Labute approximate surface area is 155 Å². The van der Waals surface area contributed by atoms with Gasteiger partial charge in [-0.25, -0.2) is 9.48 Å². The van der Waals surface area contributed by atoms with E-state index in [1.807, 2.05) is 0 Å². The summed E-state index contributed by atoms with van der Waals surface area (Å²) in [4.78, 5) is 24.9. The Balaban J connectivity index is 1.52. The number of aromatic nitrogens is 3. The second kappa shape index (κ2) is 8.84. The van der Waals surface area contributed by atoms with Crippen LogP contribution in [0, 0.1) is 11.8 Å². The molecule has 1 atom stereocenters. The highest BCUT2D eigenvalue weighted by molar-refractivity contribution is 5.76. The van der Waals surface area contributed by atoms with E-state index in [0.29, 0.717) is 31.3 Å². The molecule has 0 radical (unpaired) electrons. The average molecular weight is 364 g/mol. The second-order valence-electron chi connectivity index (χ2n) is 8.25. The molecule has 2 aliphatic heterocycles. The van der Waals surface area contributed by atoms with Gasteiger partial charge in [-0.2, -0.15) is 5.10 Å². The maximum atomic E-state index is 12.5. The summed E-state index contributed by atoms with van der Waals surface area (Å²) in [5.74, 6) is 2.10. The lowest BCUT2D eigenvalue weighted by Gasteiger charge is -2.23. The summed E-state index contributed by atoms with van der Waals surface area (Å²) in [7, 11) is 0. The molecule has 1 fully saturated rings. The van der Waals surface area contributed by atoms with Crippen molar-refractivity contribution in [2.24, 2.45) is 11.8 Å². The third-order valence-corrected chi connectivity index (χ3v) is 5.63. The summed E-state index contributed by atoms with van der Waals surface area (Å²) < 4.78 is 3.42. The highest BCUT2D eigenvalue weighted by atomic mass is 16.2. The number of carbonyl (C=O) groups is 1. The number of aryl methyl sites for hydroxylation is 2. The van der Waals surface area contributed by atoms with Gasteiger partial charge in [-0.3, -0.25) is 9.36 Å². The molecule has 3 heterocycles. The van der Waals surface area contributed by atoms with Crippen molar-refractivity contribution in [3.63, 3.8) is 0 Å². The van der Waals surface area contributed by atoms with Crippen LogP contribution in [0.1, 0.15) is 58.2 Å². The fourth-order valence-corrected chi connectivity index (χ4v) is 3.93. The summed E-state index contributed by atoms with van der Waals surface area (Å²) in [5.41, 5.74) is 0.00216. The Morgan fingerprint density at radius 3 is 2.77 bits per heavy atom. The minimum absolute atomic E-state index is 0.00216. The van der Waals surface area contributed by atoms with Crippen molar-refractivity contribution in [2.75, 3.05) is 13.1 Å². The van der Waals surface area contributed by atoms with Crippen molar-refractivity contribution in [3.05, 3.63) is 16.3 Å². The van der Waals surface area contributed by atoms with Crippen LogP contribution in [-0.4, -0.2) is 39.4 Å². The zero-order valence-electron chi connectivity index (χ0n) is 16.2. The van der Waals surface area contributed by atoms with E-state index in [2.05, 4.69) is 29.6 Å². The first-order valence-corrected chi connectivity index (χ1v) is 10.2. The van der Waals surface area contributed by atoms with Gasteiger partial charge in [-0.05, 0) is 57.0 Å². The molecule has 26 heavy (non-hydrogen) atoms. The molecular formula is C19H33N5O2. The number of nitrogens with zero attached hydrogens (tertiary/aromatic N) is 3. The number of carbonyl (C=O) groups excluding carboxylic acids is 1. The number of piperidine rings is 1. The molecule has 7 heteroatoms. The van der Waals surface area contributed by atoms with Crippen LogP contribution < -0.4 is 16.3 Å². The van der Waals surface area contributed by atoms with Crippen LogP contribution >= 0.6 is 0 Å². The van der Waals surface area contributed by atoms with Crippen molar-refractivity contribution in [1.29, 1.82) is 0 Å². The van der Waals surface area contributed by atoms with E-state index in [4.69, 9.17) is 0 Å². The fraction of sp³-hybridized carbons (Fsp3) is 0.842. The molecule has 1 amide bonds. The molecule has 1 aromatic heterocycles. The van der Waals surface area contributed by atoms with E-state index < -0.39 is 0 Å². The first-order valence-electron chi connectivity index (χ1n) is 10.2. The van der Waals surface area contributed by atoms with E-state index in [0.717, 1.165) is 57.4 Å². The zero-order chi connectivity index (χ0) is 18.5. The van der Waals surface area contributed by atoms with Gasteiger partial charge in [0.1, 0.15) is 5.82 Å². The standard InChI is InChI=1S/C19H33N5O2/c1-14(2)7-12-24-19(26)23-11-8-16(3-4-17(23)22-24)21-18(25)13-15-5-9-20-10-6-15/h14-16,20H,3-13H2,1-2H3,(H,21,25). The molecule has 0 saturated carbocycles. The maximum Gasteiger partial charge on any atom is 0.345 e. The molecule has 0 aromatic carbocycles. The number of hydrogen-bond acceptors (Lipinski definition) is 4. The van der Waals surface area contributed by atoms with Crippen molar-refractivity contribution in [3.8, 4) is 0 Å². The molecular weight excluding hydrogens is 330 g/mol. The lowest BCUT2D eigenvalue weighted by atomic mass is 9.94. The quantitative estimate of drug-likeness (QED) is 0.798. The Morgan fingerprint density at radius 1 is 1.27 bits per heavy atom. The average Bonchev–Trinajstić information content (AvgIpc) is 2.77. The highest BCUT2D eigenvalue weighted by Gasteiger charge is 2.23. The predicted octanol–water partition coefficient (Wildman–Crippen LogP) is 1.30. The zero-order valence-corrected chi connectivity index (χ0v) is 16.2. The van der Waals surface area contributed by atoms with Crippen LogP contribution in [-0.2, 0) is 24.3 Å². The third kappa shape index (κ3) is 4.96. The fourth-order valence-electron chi connectivity index (χ4n) is 3.93. The molecule has 2 aliphatic rings. The maximum absolute atomic E-state index is 12.5. The van der Waals surface area contributed by atoms with Gasteiger partial charge in [0.15, 0.2) is 0 Å². The van der Waals surface area contributed by atoms with E-state index in [1.54, 1.807) is 9.25 Å². The number of hydrogen-bond donors (Lipinski definition) is 2. The summed E-state index contributed by atoms with van der Waals surface area (Å²) in [6.07, 6.45) is 6.19. The highest BCUT2D eigenvalue weighted by Crippen LogP contribution is 2.17. The largest absolute Gasteiger partial charge is 0.353 e. The summed E-state index contributed by atoms with van der Waals surface area (Å²) in [6.45, 7) is 7.69. The number of amides is 1. The lowest BCUT2D eigenvalue weighted by Crippen LogP contribution is -2.38. The van der Waals surface area contributed by atoms with Gasteiger partial charge in [0.05, 0.1) is 0 Å². The molecule has 1 unspecified atom stereocenters. The van der Waals surface area contributed by atoms with E-state index in [9.17, 15) is 9.59 Å². The molecule has 3 rings (SSSR count). The molecule has 0 aliphatic carbocycles. The van der Waals surface area contributed by atoms with Gasteiger partial charge in [-0.15, -0.1) is 0 Å². The molecule has 7 nitrogen and oxygen atoms in total. The first-order chi connectivity index (χ1) is 12.5. The van der Waals surface area contributed by atoms with Crippen LogP contribution in [0.25, 0.3) is 0 Å². The van der Waals surface area contributed by atoms with Crippen LogP contribution in [0.15, 0.2) is 4.79 Å². The topological polar surface area (TPSA) is 81.0 Å². The van der Waals surface area contributed by atoms with Gasteiger partial charge in [0.2, 0.25) is 5.91 Å². The van der Waals surface area contributed by atoms with Crippen LogP contribution in [0.5, 0.6) is 0 Å². The number of fused-ring (bicyclic) bond motifs is 1. The monoisotopic (exact) mass is 363 g/mol. The molecule has 2 N–H and O–H groups in total. The van der Waals surface area contributed by atoms with E-state index in [1.165, 1.54) is 0 Å². The smallest absolute Gasteiger partial charge is 0.345 e. The summed E-state index contributed by atoms with van der Waals surface area (Å²) >= 11 is 0. The molecule has 146 valence electrons. The van der Waals surface area contributed by atoms with Crippen molar-refractivity contribution in [2.45, 2.75) is 77.9 Å². The van der Waals surface area contributed by atoms with Gasteiger partial charge >= 0.3 is 5.69 Å². The Morgan fingerprint density at radius 2 is 2.04 bits per heavy atom. The van der Waals surface area contributed by atoms with Crippen molar-refractivity contribution < 1.29 is 4.79 Å². The second-order valence-corrected chi connectivity index (χ2v) is 8.25. The first kappa shape index (κ1) is 19.1. The third-order valence-electron chi connectivity index (χ3n) is 5.63. The summed E-state index contributed by atoms with van der Waals surface area (Å²) in [5, 5.41) is 11.1. The van der Waals surface area contributed by atoms with Gasteiger partial charge < -0.3 is 10.6 Å². The molecule has 1 aromatic rings. The van der Waals surface area contributed by atoms with E-state index >= 15 is 0 Å². The molecule has 0 spiro atoms. The number of rotatable bonds is 6.